The number of nitrogens with one attached hydrogen (secondary N) is 1. The van der Waals surface area contributed by atoms with Gasteiger partial charge in [-0.25, -0.2) is 4.98 Å². The fraction of sp³-hybridized carbons (Fsp3) is 0.368. The van der Waals surface area contributed by atoms with Gasteiger partial charge in [0.15, 0.2) is 0 Å². The highest BCUT2D eigenvalue weighted by Gasteiger charge is 2.26. The van der Waals surface area contributed by atoms with Gasteiger partial charge in [-0.1, -0.05) is 18.2 Å². The topological polar surface area (TPSA) is 54.5 Å². The first-order chi connectivity index (χ1) is 11.8. The number of anilines is 2. The molecule has 0 aliphatic carbocycles. The SMILES string of the molecule is O=C(Nc1ccc(N2CCCC2)nc1)C1COc2ccccc2C1. The third kappa shape index (κ3) is 3.07. The van der Waals surface area contributed by atoms with Crippen LogP contribution in [-0.2, 0) is 11.2 Å². The van der Waals surface area contributed by atoms with E-state index in [0.29, 0.717) is 13.0 Å². The molecule has 0 spiro atoms. The lowest BCUT2D eigenvalue weighted by molar-refractivity contribution is -0.121. The molecule has 1 N–H and O–H groups in total. The van der Waals surface area contributed by atoms with Gasteiger partial charge in [-0.3, -0.25) is 4.79 Å². The molecule has 5 nitrogen and oxygen atoms in total. The first kappa shape index (κ1) is 15.0. The number of pyridine rings is 1. The predicted octanol–water partition coefficient (Wildman–Crippen LogP) is 2.87. The van der Waals surface area contributed by atoms with Crippen molar-refractivity contribution in [3.8, 4) is 5.75 Å². The van der Waals surface area contributed by atoms with Crippen molar-refractivity contribution in [1.29, 1.82) is 0 Å². The summed E-state index contributed by atoms with van der Waals surface area (Å²) in [6.07, 6.45) is 4.90. The Kier molecular flexibility index (Phi) is 4.07. The first-order valence-corrected chi connectivity index (χ1v) is 8.52. The number of amides is 1. The molecule has 1 aromatic heterocycles. The van der Waals surface area contributed by atoms with Crippen LogP contribution in [0.15, 0.2) is 42.6 Å². The number of rotatable bonds is 3. The van der Waals surface area contributed by atoms with Gasteiger partial charge < -0.3 is 15.0 Å². The number of carbonyl (C=O) groups excluding carboxylic acids is 1. The quantitative estimate of drug-likeness (QED) is 0.944. The Bertz CT molecular complexity index is 724. The highest BCUT2D eigenvalue weighted by Crippen LogP contribution is 2.27. The number of hydrogen-bond acceptors (Lipinski definition) is 4. The van der Waals surface area contributed by atoms with E-state index in [2.05, 4.69) is 15.2 Å². The molecule has 0 radical (unpaired) electrons. The van der Waals surface area contributed by atoms with Gasteiger partial charge in [-0.15, -0.1) is 0 Å². The van der Waals surface area contributed by atoms with Crippen molar-refractivity contribution >= 4 is 17.4 Å². The highest BCUT2D eigenvalue weighted by molar-refractivity contribution is 5.93. The number of fused-ring (bicyclic) bond motifs is 1. The Balaban J connectivity index is 1.39. The summed E-state index contributed by atoms with van der Waals surface area (Å²) >= 11 is 0. The van der Waals surface area contributed by atoms with E-state index < -0.39 is 0 Å². The van der Waals surface area contributed by atoms with Crippen LogP contribution in [0.4, 0.5) is 11.5 Å². The maximum absolute atomic E-state index is 12.5. The summed E-state index contributed by atoms with van der Waals surface area (Å²) in [6.45, 7) is 2.55. The van der Waals surface area contributed by atoms with E-state index >= 15 is 0 Å². The zero-order valence-electron chi connectivity index (χ0n) is 13.6. The third-order valence-electron chi connectivity index (χ3n) is 4.70. The average molecular weight is 323 g/mol. The standard InChI is InChI=1S/C19H21N3O2/c23-19(15-11-14-5-1-2-6-17(14)24-13-15)21-16-7-8-18(20-12-16)22-9-3-4-10-22/h1-2,5-8,12,15H,3-4,9-11,13H2,(H,21,23). The summed E-state index contributed by atoms with van der Waals surface area (Å²) < 4.78 is 5.70. The summed E-state index contributed by atoms with van der Waals surface area (Å²) in [5.74, 6) is 1.69. The van der Waals surface area contributed by atoms with Gasteiger partial charge in [0.1, 0.15) is 18.2 Å². The number of benzene rings is 1. The van der Waals surface area contributed by atoms with Gasteiger partial charge in [-0.2, -0.15) is 0 Å². The second-order valence-electron chi connectivity index (χ2n) is 6.41. The molecule has 1 unspecified atom stereocenters. The minimum absolute atomic E-state index is 0.0137. The molecular formula is C19H21N3O2. The summed E-state index contributed by atoms with van der Waals surface area (Å²) in [7, 11) is 0. The Morgan fingerprint density at radius 2 is 2.00 bits per heavy atom. The van der Waals surface area contributed by atoms with E-state index in [4.69, 9.17) is 4.74 Å². The van der Waals surface area contributed by atoms with Gasteiger partial charge in [0, 0.05) is 13.1 Å². The molecule has 2 aromatic rings. The minimum atomic E-state index is -0.168. The van der Waals surface area contributed by atoms with Crippen molar-refractivity contribution in [1.82, 2.24) is 4.98 Å². The molecule has 1 fully saturated rings. The number of nitrogens with zero attached hydrogens (tertiary/aromatic N) is 2. The van der Waals surface area contributed by atoms with Crippen LogP contribution < -0.4 is 15.0 Å². The number of carbonyl (C=O) groups is 1. The Labute approximate surface area is 141 Å². The van der Waals surface area contributed by atoms with Gasteiger partial charge in [-0.05, 0) is 43.0 Å². The monoisotopic (exact) mass is 323 g/mol. The number of hydrogen-bond donors (Lipinski definition) is 1. The fourth-order valence-electron chi connectivity index (χ4n) is 3.33. The van der Waals surface area contributed by atoms with Crippen LogP contribution in [0.5, 0.6) is 5.75 Å². The van der Waals surface area contributed by atoms with Crippen LogP contribution in [-0.4, -0.2) is 30.6 Å². The molecule has 1 amide bonds. The summed E-state index contributed by atoms with van der Waals surface area (Å²) in [4.78, 5) is 19.2. The van der Waals surface area contributed by atoms with E-state index in [-0.39, 0.29) is 11.8 Å². The number of aromatic nitrogens is 1. The molecule has 3 heterocycles. The molecule has 2 aliphatic rings. The molecule has 0 bridgehead atoms. The third-order valence-corrected chi connectivity index (χ3v) is 4.70. The second-order valence-corrected chi connectivity index (χ2v) is 6.41. The van der Waals surface area contributed by atoms with Gasteiger partial charge in [0.05, 0.1) is 17.8 Å². The minimum Gasteiger partial charge on any atom is -0.492 e. The van der Waals surface area contributed by atoms with Gasteiger partial charge >= 0.3 is 0 Å². The van der Waals surface area contributed by atoms with Crippen LogP contribution >= 0.6 is 0 Å². The van der Waals surface area contributed by atoms with Crippen LogP contribution in [0.25, 0.3) is 0 Å². The van der Waals surface area contributed by atoms with Crippen LogP contribution in [0, 0.1) is 5.92 Å². The van der Waals surface area contributed by atoms with E-state index in [1.54, 1.807) is 6.20 Å². The molecule has 1 atom stereocenters. The maximum atomic E-state index is 12.5. The zero-order valence-corrected chi connectivity index (χ0v) is 13.6. The van der Waals surface area contributed by atoms with Crippen LogP contribution in [0.3, 0.4) is 0 Å². The van der Waals surface area contributed by atoms with Crippen molar-refractivity contribution in [2.24, 2.45) is 5.92 Å². The van der Waals surface area contributed by atoms with Gasteiger partial charge in [0.2, 0.25) is 5.91 Å². The lowest BCUT2D eigenvalue weighted by Gasteiger charge is -2.24. The maximum Gasteiger partial charge on any atom is 0.231 e. The molecule has 1 aromatic carbocycles. The first-order valence-electron chi connectivity index (χ1n) is 8.52. The molecule has 4 rings (SSSR count). The van der Waals surface area contributed by atoms with Crippen molar-refractivity contribution < 1.29 is 9.53 Å². The van der Waals surface area contributed by atoms with Crippen LogP contribution in [0.2, 0.25) is 0 Å². The molecule has 0 saturated carbocycles. The highest BCUT2D eigenvalue weighted by atomic mass is 16.5. The fourth-order valence-corrected chi connectivity index (χ4v) is 3.33. The Hall–Kier alpha value is -2.56. The van der Waals surface area contributed by atoms with E-state index in [0.717, 1.165) is 35.9 Å². The molecule has 24 heavy (non-hydrogen) atoms. The molecular weight excluding hydrogens is 302 g/mol. The molecule has 2 aliphatic heterocycles. The normalized spacial score (nSPS) is 19.5. The summed E-state index contributed by atoms with van der Waals surface area (Å²) in [6, 6.07) is 11.8. The second kappa shape index (κ2) is 6.51. The average Bonchev–Trinajstić information content (AvgIpc) is 3.16. The smallest absolute Gasteiger partial charge is 0.231 e. The predicted molar refractivity (Wildman–Crippen MR) is 93.4 cm³/mol. The van der Waals surface area contributed by atoms with Crippen molar-refractivity contribution in [3.63, 3.8) is 0 Å². The lowest BCUT2D eigenvalue weighted by atomic mass is 9.96. The molecule has 5 heteroatoms. The van der Waals surface area contributed by atoms with E-state index in [1.165, 1.54) is 12.8 Å². The Morgan fingerprint density at radius 1 is 1.17 bits per heavy atom. The van der Waals surface area contributed by atoms with Crippen molar-refractivity contribution in [3.05, 3.63) is 48.2 Å². The number of para-hydroxylation sites is 1. The zero-order chi connectivity index (χ0) is 16.4. The molecule has 1 saturated heterocycles. The number of ether oxygens (including phenoxy) is 1. The molecule has 124 valence electrons. The van der Waals surface area contributed by atoms with E-state index in [9.17, 15) is 4.79 Å². The summed E-state index contributed by atoms with van der Waals surface area (Å²) in [5.41, 5.74) is 1.83. The summed E-state index contributed by atoms with van der Waals surface area (Å²) in [5, 5.41) is 2.96. The van der Waals surface area contributed by atoms with Crippen molar-refractivity contribution in [2.45, 2.75) is 19.3 Å². The largest absolute Gasteiger partial charge is 0.492 e. The Morgan fingerprint density at radius 3 is 2.79 bits per heavy atom. The van der Waals surface area contributed by atoms with Crippen LogP contribution in [0.1, 0.15) is 18.4 Å². The van der Waals surface area contributed by atoms with Crippen molar-refractivity contribution in [2.75, 3.05) is 29.9 Å². The van der Waals surface area contributed by atoms with Gasteiger partial charge in [0.25, 0.3) is 0 Å². The lowest BCUT2D eigenvalue weighted by Crippen LogP contribution is -2.32. The van der Waals surface area contributed by atoms with E-state index in [1.807, 2.05) is 36.4 Å².